The largest absolute Gasteiger partial charge is 0.480 e. The van der Waals surface area contributed by atoms with E-state index in [2.05, 4.69) is 18.4 Å². The summed E-state index contributed by atoms with van der Waals surface area (Å²) in [7, 11) is 0. The van der Waals surface area contributed by atoms with Crippen LogP contribution in [-0.2, 0) is 32.0 Å². The van der Waals surface area contributed by atoms with E-state index in [1.807, 2.05) is 60.7 Å². The second kappa shape index (κ2) is 20.8. The molecule has 12 N–H and O–H groups in total. The van der Waals surface area contributed by atoms with Gasteiger partial charge in [-0.2, -0.15) is 12.6 Å². The van der Waals surface area contributed by atoms with Gasteiger partial charge in [-0.15, -0.1) is 0 Å². The number of aliphatic carboxylic acids is 4. The Morgan fingerprint density at radius 1 is 0.639 bits per heavy atom. The van der Waals surface area contributed by atoms with Crippen molar-refractivity contribution in [3.8, 4) is 0 Å². The minimum atomic E-state index is -1.00. The second-order valence-electron chi connectivity index (χ2n) is 6.99. The molecule has 0 aliphatic carbocycles. The quantitative estimate of drug-likeness (QED) is 0.190. The highest BCUT2D eigenvalue weighted by molar-refractivity contribution is 7.80. The molecule has 0 radical (unpaired) electrons. The molecule has 2 rings (SSSR count). The number of thiol groups is 1. The molecule has 0 saturated heterocycles. The van der Waals surface area contributed by atoms with Crippen LogP contribution in [0.15, 0.2) is 60.7 Å². The molecule has 0 amide bonds. The van der Waals surface area contributed by atoms with Gasteiger partial charge >= 0.3 is 23.9 Å². The minimum absolute atomic E-state index is 0.190. The lowest BCUT2D eigenvalue weighted by Gasteiger charge is -2.04. The van der Waals surface area contributed by atoms with E-state index in [1.165, 1.54) is 0 Å². The molecule has 200 valence electrons. The summed E-state index contributed by atoms with van der Waals surface area (Å²) in [5.74, 6) is -3.70. The Morgan fingerprint density at radius 2 is 0.917 bits per heavy atom. The number of carbonyl (C=O) groups is 4. The van der Waals surface area contributed by atoms with Crippen molar-refractivity contribution < 1.29 is 39.6 Å². The van der Waals surface area contributed by atoms with Gasteiger partial charge in [-0.05, 0) is 24.0 Å². The van der Waals surface area contributed by atoms with E-state index in [9.17, 15) is 19.2 Å². The van der Waals surface area contributed by atoms with Gasteiger partial charge < -0.3 is 43.4 Å². The fourth-order valence-electron chi connectivity index (χ4n) is 1.99. The Hall–Kier alpha value is -3.49. The van der Waals surface area contributed by atoms with Crippen LogP contribution in [0.3, 0.4) is 0 Å². The van der Waals surface area contributed by atoms with Crippen LogP contribution in [0.2, 0.25) is 0 Å². The van der Waals surface area contributed by atoms with Crippen LogP contribution in [0.4, 0.5) is 0 Å². The maximum absolute atomic E-state index is 10.4. The number of rotatable bonds is 9. The molecule has 0 bridgehead atoms. The first-order chi connectivity index (χ1) is 16.8. The third-order valence-corrected chi connectivity index (χ3v) is 4.31. The Bertz CT molecular complexity index is 846. The molecule has 3 atom stereocenters. The van der Waals surface area contributed by atoms with Crippen LogP contribution in [0.1, 0.15) is 11.1 Å². The summed E-state index contributed by atoms with van der Waals surface area (Å²) in [6.45, 7) is -0.278. The van der Waals surface area contributed by atoms with E-state index in [-0.39, 0.29) is 12.3 Å². The van der Waals surface area contributed by atoms with Crippen molar-refractivity contribution in [3.05, 3.63) is 71.8 Å². The van der Waals surface area contributed by atoms with Crippen molar-refractivity contribution in [1.29, 1.82) is 0 Å². The average molecular weight is 527 g/mol. The van der Waals surface area contributed by atoms with Crippen LogP contribution < -0.4 is 22.9 Å². The minimum Gasteiger partial charge on any atom is -0.480 e. The molecule has 0 aromatic heterocycles. The summed E-state index contributed by atoms with van der Waals surface area (Å²) >= 11 is 3.65. The van der Waals surface area contributed by atoms with Gasteiger partial charge in [0.25, 0.3) is 0 Å². The van der Waals surface area contributed by atoms with E-state index in [1.54, 1.807) is 0 Å². The summed E-state index contributed by atoms with van der Waals surface area (Å²) in [4.78, 5) is 39.8. The van der Waals surface area contributed by atoms with Gasteiger partial charge in [-0.25, -0.2) is 0 Å². The lowest BCUT2D eigenvalue weighted by Crippen LogP contribution is -2.32. The number of nitrogens with two attached hydrogens (primary N) is 4. The summed E-state index contributed by atoms with van der Waals surface area (Å²) < 4.78 is 0. The van der Waals surface area contributed by atoms with Gasteiger partial charge in [0, 0.05) is 5.75 Å². The predicted molar refractivity (Wildman–Crippen MR) is 138 cm³/mol. The molecule has 0 spiro atoms. The van der Waals surface area contributed by atoms with Crippen LogP contribution in [-0.4, -0.2) is 74.7 Å². The zero-order valence-electron chi connectivity index (χ0n) is 19.5. The first-order valence-corrected chi connectivity index (χ1v) is 11.0. The van der Waals surface area contributed by atoms with Crippen molar-refractivity contribution in [2.75, 3.05) is 12.3 Å². The monoisotopic (exact) mass is 526 g/mol. The molecular formula is C23H34N4O8S. The van der Waals surface area contributed by atoms with Gasteiger partial charge in [-0.1, -0.05) is 60.7 Å². The number of hydrogen-bond acceptors (Lipinski definition) is 9. The molecule has 3 unspecified atom stereocenters. The van der Waals surface area contributed by atoms with Crippen molar-refractivity contribution in [2.45, 2.75) is 31.0 Å². The topological polar surface area (TPSA) is 253 Å². The van der Waals surface area contributed by atoms with Gasteiger partial charge in [0.15, 0.2) is 0 Å². The number of hydrogen-bond donors (Lipinski definition) is 9. The van der Waals surface area contributed by atoms with Crippen LogP contribution in [0.25, 0.3) is 0 Å². The number of benzene rings is 2. The van der Waals surface area contributed by atoms with Gasteiger partial charge in [-0.3, -0.25) is 19.2 Å². The summed E-state index contributed by atoms with van der Waals surface area (Å²) in [6.07, 6.45) is 0.770. The smallest absolute Gasteiger partial charge is 0.321 e. The Labute approximate surface area is 214 Å². The van der Waals surface area contributed by atoms with Gasteiger partial charge in [0.1, 0.15) is 18.1 Å². The first-order valence-electron chi connectivity index (χ1n) is 10.4. The molecule has 12 nitrogen and oxygen atoms in total. The molecule has 2 aromatic rings. The highest BCUT2D eigenvalue weighted by Crippen LogP contribution is 2.02. The molecule has 0 saturated carbocycles. The van der Waals surface area contributed by atoms with Crippen molar-refractivity contribution in [3.63, 3.8) is 0 Å². The number of carboxylic acid groups (broad SMARTS) is 4. The van der Waals surface area contributed by atoms with Crippen LogP contribution in [0, 0.1) is 0 Å². The summed E-state index contributed by atoms with van der Waals surface area (Å²) in [5, 5.41) is 32.6. The maximum atomic E-state index is 10.4. The van der Waals surface area contributed by atoms with Gasteiger partial charge in [0.2, 0.25) is 0 Å². The molecule has 0 fully saturated rings. The first kappa shape index (κ1) is 34.7. The van der Waals surface area contributed by atoms with E-state index >= 15 is 0 Å². The maximum Gasteiger partial charge on any atom is 0.321 e. The van der Waals surface area contributed by atoms with Crippen molar-refractivity contribution >= 4 is 36.5 Å². The van der Waals surface area contributed by atoms with Crippen LogP contribution >= 0.6 is 12.6 Å². The lowest BCUT2D eigenvalue weighted by molar-refractivity contribution is -0.139. The third-order valence-electron chi connectivity index (χ3n) is 3.92. The van der Waals surface area contributed by atoms with Crippen molar-refractivity contribution in [2.24, 2.45) is 22.9 Å². The Kier molecular flexibility index (Phi) is 20.1. The SMILES string of the molecule is NC(CS)C(=O)O.NC(Cc1ccccc1)C(=O)O.NC(Cc1ccccc1)C(=O)O.NCC(=O)O. The molecular weight excluding hydrogens is 492 g/mol. The summed E-state index contributed by atoms with van der Waals surface area (Å²) in [5.41, 5.74) is 22.1. The number of carboxylic acids is 4. The molecule has 0 aliphatic heterocycles. The zero-order chi connectivity index (χ0) is 28.1. The fraction of sp³-hybridized carbons (Fsp3) is 0.304. The molecule has 2 aromatic carbocycles. The van der Waals surface area contributed by atoms with Gasteiger partial charge in [0.05, 0.1) is 6.54 Å². The fourth-order valence-corrected chi connectivity index (χ4v) is 2.14. The van der Waals surface area contributed by atoms with Crippen molar-refractivity contribution in [1.82, 2.24) is 0 Å². The summed E-state index contributed by atoms with van der Waals surface area (Å²) in [6, 6.07) is 16.3. The molecule has 0 heterocycles. The van der Waals surface area contributed by atoms with E-state index in [4.69, 9.17) is 37.6 Å². The Balaban J connectivity index is 0. The van der Waals surface area contributed by atoms with E-state index in [0.29, 0.717) is 12.8 Å². The zero-order valence-corrected chi connectivity index (χ0v) is 20.4. The van der Waals surface area contributed by atoms with E-state index < -0.39 is 42.0 Å². The normalized spacial score (nSPS) is 11.9. The molecule has 0 aliphatic rings. The van der Waals surface area contributed by atoms with Crippen LogP contribution in [0.5, 0.6) is 0 Å². The third kappa shape index (κ3) is 19.9. The lowest BCUT2D eigenvalue weighted by atomic mass is 10.1. The molecule has 13 heteroatoms. The van der Waals surface area contributed by atoms with E-state index in [0.717, 1.165) is 11.1 Å². The Morgan fingerprint density at radius 3 is 1.08 bits per heavy atom. The molecule has 36 heavy (non-hydrogen) atoms. The second-order valence-corrected chi connectivity index (χ2v) is 7.36. The average Bonchev–Trinajstić information content (AvgIpc) is 2.85. The highest BCUT2D eigenvalue weighted by atomic mass is 32.1. The predicted octanol–water partition coefficient (Wildman–Crippen LogP) is -0.360. The standard InChI is InChI=1S/2C9H11NO2.C3H7NO2S.C2H5NO2/c2*10-8(9(11)12)6-7-4-2-1-3-5-7;4-2(1-7)3(5)6;3-1-2(4)5/h2*1-5,8H,6,10H2,(H,11,12);2,7H,1,4H2,(H,5,6);1,3H2,(H,4,5). The highest BCUT2D eigenvalue weighted by Gasteiger charge is 2.11.